The minimum Gasteiger partial charge on any atom is -0.480 e. The minimum absolute atomic E-state index is 0.241. The van der Waals surface area contributed by atoms with Crippen molar-refractivity contribution in [3.8, 4) is 0 Å². The van der Waals surface area contributed by atoms with Gasteiger partial charge in [-0.2, -0.15) is 5.10 Å². The van der Waals surface area contributed by atoms with Crippen molar-refractivity contribution in [3.63, 3.8) is 0 Å². The van der Waals surface area contributed by atoms with Crippen molar-refractivity contribution < 1.29 is 14.7 Å². The largest absolute Gasteiger partial charge is 0.480 e. The number of carboxylic acid groups (broad SMARTS) is 1. The zero-order valence-corrected chi connectivity index (χ0v) is 11.9. The molecule has 1 aromatic heterocycles. The molecule has 110 valence electrons. The third-order valence-electron chi connectivity index (χ3n) is 4.12. The second kappa shape index (κ2) is 5.64. The molecule has 6 nitrogen and oxygen atoms in total. The van der Waals surface area contributed by atoms with E-state index in [0.29, 0.717) is 12.8 Å². The number of aliphatic carboxylic acids is 1. The van der Waals surface area contributed by atoms with Crippen molar-refractivity contribution >= 4 is 11.9 Å². The summed E-state index contributed by atoms with van der Waals surface area (Å²) >= 11 is 0. The first kappa shape index (κ1) is 14.6. The smallest absolute Gasteiger partial charge is 0.319 e. The number of amides is 1. The van der Waals surface area contributed by atoms with E-state index < -0.39 is 11.4 Å². The van der Waals surface area contributed by atoms with E-state index in [0.717, 1.165) is 24.8 Å². The predicted octanol–water partition coefficient (Wildman–Crippen LogP) is 1.63. The van der Waals surface area contributed by atoms with E-state index in [2.05, 4.69) is 10.4 Å². The fourth-order valence-electron chi connectivity index (χ4n) is 2.78. The molecule has 1 fully saturated rings. The second-order valence-corrected chi connectivity index (χ2v) is 5.59. The lowest BCUT2D eigenvalue weighted by Crippen LogP contribution is -2.48. The Kier molecular flexibility index (Phi) is 4.11. The molecule has 0 spiro atoms. The fraction of sp³-hybridized carbons (Fsp3) is 0.643. The Morgan fingerprint density at radius 2 is 2.05 bits per heavy atom. The Hall–Kier alpha value is -1.85. The maximum absolute atomic E-state index is 12.4. The molecule has 1 heterocycles. The van der Waals surface area contributed by atoms with E-state index in [4.69, 9.17) is 0 Å². The average molecular weight is 279 g/mol. The van der Waals surface area contributed by atoms with Crippen LogP contribution in [0, 0.1) is 5.41 Å². The Balaban J connectivity index is 2.11. The van der Waals surface area contributed by atoms with Crippen LogP contribution in [-0.4, -0.2) is 26.8 Å². The van der Waals surface area contributed by atoms with Gasteiger partial charge in [-0.05, 0) is 19.8 Å². The molecule has 2 rings (SSSR count). The van der Waals surface area contributed by atoms with E-state index in [9.17, 15) is 14.7 Å². The maximum Gasteiger partial charge on any atom is 0.319 e. The first-order valence-electron chi connectivity index (χ1n) is 6.98. The van der Waals surface area contributed by atoms with Crippen molar-refractivity contribution in [2.45, 2.75) is 45.1 Å². The molecule has 1 aromatic rings. The molecule has 0 aliphatic heterocycles. The molecule has 1 unspecified atom stereocenters. The highest BCUT2D eigenvalue weighted by Gasteiger charge is 2.46. The van der Waals surface area contributed by atoms with Gasteiger partial charge >= 0.3 is 5.97 Å². The molecule has 1 amide bonds. The van der Waals surface area contributed by atoms with Crippen LogP contribution in [-0.2, 0) is 16.6 Å². The van der Waals surface area contributed by atoms with Crippen LogP contribution in [0.15, 0.2) is 12.4 Å². The van der Waals surface area contributed by atoms with Gasteiger partial charge in [0, 0.05) is 18.8 Å². The number of aryl methyl sites for hydroxylation is 1. The molecule has 1 atom stereocenters. The van der Waals surface area contributed by atoms with Crippen LogP contribution in [0.3, 0.4) is 0 Å². The van der Waals surface area contributed by atoms with Crippen molar-refractivity contribution in [2.75, 3.05) is 0 Å². The lowest BCUT2D eigenvalue weighted by atomic mass is 9.73. The summed E-state index contributed by atoms with van der Waals surface area (Å²) < 4.78 is 1.66. The monoisotopic (exact) mass is 279 g/mol. The van der Waals surface area contributed by atoms with Gasteiger partial charge in [-0.3, -0.25) is 14.3 Å². The van der Waals surface area contributed by atoms with E-state index >= 15 is 0 Å². The van der Waals surface area contributed by atoms with E-state index in [-0.39, 0.29) is 11.9 Å². The molecular formula is C14H21N3O3. The van der Waals surface area contributed by atoms with Crippen LogP contribution in [0.25, 0.3) is 0 Å². The number of rotatable bonds is 4. The first-order chi connectivity index (χ1) is 9.45. The third kappa shape index (κ3) is 2.69. The zero-order valence-electron chi connectivity index (χ0n) is 11.9. The van der Waals surface area contributed by atoms with Gasteiger partial charge < -0.3 is 10.4 Å². The molecule has 0 saturated heterocycles. The standard InChI is InChI=1S/C14H21N3O3/c1-10(11-8-15-17(2)9-11)16-12(18)14(13(19)20)6-4-3-5-7-14/h8-10H,3-7H2,1-2H3,(H,16,18)(H,19,20). The molecule has 1 aliphatic rings. The molecule has 0 aromatic carbocycles. The summed E-state index contributed by atoms with van der Waals surface area (Å²) in [7, 11) is 1.80. The summed E-state index contributed by atoms with van der Waals surface area (Å²) in [6.07, 6.45) is 6.93. The number of nitrogens with zero attached hydrogens (tertiary/aromatic N) is 2. The molecular weight excluding hydrogens is 258 g/mol. The highest BCUT2D eigenvalue weighted by molar-refractivity contribution is 6.02. The molecule has 1 aliphatic carbocycles. The molecule has 0 radical (unpaired) electrons. The van der Waals surface area contributed by atoms with Crippen molar-refractivity contribution in [1.29, 1.82) is 0 Å². The summed E-state index contributed by atoms with van der Waals surface area (Å²) in [5, 5.41) is 16.4. The van der Waals surface area contributed by atoms with Crippen LogP contribution in [0.5, 0.6) is 0 Å². The number of hydrogen-bond acceptors (Lipinski definition) is 3. The predicted molar refractivity (Wildman–Crippen MR) is 72.9 cm³/mol. The Bertz CT molecular complexity index is 504. The SMILES string of the molecule is CC(NC(=O)C1(C(=O)O)CCCCC1)c1cnn(C)c1. The van der Waals surface area contributed by atoms with Crippen LogP contribution >= 0.6 is 0 Å². The highest BCUT2D eigenvalue weighted by Crippen LogP contribution is 2.37. The molecule has 2 N–H and O–H groups in total. The lowest BCUT2D eigenvalue weighted by molar-refractivity contribution is -0.158. The van der Waals surface area contributed by atoms with Crippen molar-refractivity contribution in [2.24, 2.45) is 12.5 Å². The van der Waals surface area contributed by atoms with Gasteiger partial charge in [0.1, 0.15) is 5.41 Å². The number of hydrogen-bond donors (Lipinski definition) is 2. The maximum atomic E-state index is 12.4. The van der Waals surface area contributed by atoms with Crippen LogP contribution in [0.2, 0.25) is 0 Å². The summed E-state index contributed by atoms with van der Waals surface area (Å²) in [6.45, 7) is 1.84. The number of aromatic nitrogens is 2. The lowest BCUT2D eigenvalue weighted by Gasteiger charge is -2.32. The number of carbonyl (C=O) groups excluding carboxylic acids is 1. The van der Waals surface area contributed by atoms with Gasteiger partial charge in [0.15, 0.2) is 0 Å². The molecule has 1 saturated carbocycles. The zero-order chi connectivity index (χ0) is 14.8. The van der Waals surface area contributed by atoms with Gasteiger partial charge in [-0.15, -0.1) is 0 Å². The fourth-order valence-corrected chi connectivity index (χ4v) is 2.78. The molecule has 6 heteroatoms. The van der Waals surface area contributed by atoms with E-state index in [1.165, 1.54) is 0 Å². The van der Waals surface area contributed by atoms with E-state index in [1.807, 2.05) is 13.1 Å². The number of carboxylic acids is 1. The van der Waals surface area contributed by atoms with Gasteiger partial charge in [-0.25, -0.2) is 0 Å². The van der Waals surface area contributed by atoms with Crippen molar-refractivity contribution in [1.82, 2.24) is 15.1 Å². The first-order valence-corrected chi connectivity index (χ1v) is 6.98. The Labute approximate surface area is 118 Å². The normalized spacial score (nSPS) is 19.3. The van der Waals surface area contributed by atoms with Crippen molar-refractivity contribution in [3.05, 3.63) is 18.0 Å². The molecule has 0 bridgehead atoms. The molecule has 20 heavy (non-hydrogen) atoms. The average Bonchev–Trinajstić information content (AvgIpc) is 2.86. The topological polar surface area (TPSA) is 84.2 Å². The summed E-state index contributed by atoms with van der Waals surface area (Å²) in [5.41, 5.74) is -0.383. The Morgan fingerprint density at radius 1 is 1.40 bits per heavy atom. The number of nitrogens with one attached hydrogen (secondary N) is 1. The highest BCUT2D eigenvalue weighted by atomic mass is 16.4. The second-order valence-electron chi connectivity index (χ2n) is 5.59. The van der Waals surface area contributed by atoms with Gasteiger partial charge in [-0.1, -0.05) is 19.3 Å². The minimum atomic E-state index is -1.26. The van der Waals surface area contributed by atoms with Gasteiger partial charge in [0.2, 0.25) is 5.91 Å². The number of carbonyl (C=O) groups is 2. The summed E-state index contributed by atoms with van der Waals surface area (Å²) in [4.78, 5) is 24.0. The van der Waals surface area contributed by atoms with Crippen LogP contribution in [0.4, 0.5) is 0 Å². The van der Waals surface area contributed by atoms with E-state index in [1.54, 1.807) is 17.9 Å². The van der Waals surface area contributed by atoms with Gasteiger partial charge in [0.05, 0.1) is 12.2 Å². The third-order valence-corrected chi connectivity index (χ3v) is 4.12. The quantitative estimate of drug-likeness (QED) is 0.820. The summed E-state index contributed by atoms with van der Waals surface area (Å²) in [6, 6.07) is -0.241. The van der Waals surface area contributed by atoms with Crippen LogP contribution < -0.4 is 5.32 Å². The van der Waals surface area contributed by atoms with Crippen LogP contribution in [0.1, 0.15) is 50.6 Å². The Morgan fingerprint density at radius 3 is 2.55 bits per heavy atom. The van der Waals surface area contributed by atoms with Gasteiger partial charge in [0.25, 0.3) is 0 Å². The summed E-state index contributed by atoms with van der Waals surface area (Å²) in [5.74, 6) is -1.38.